The maximum atomic E-state index is 13.8. The van der Waals surface area contributed by atoms with Gasteiger partial charge in [-0.1, -0.05) is 60.7 Å². The van der Waals surface area contributed by atoms with Crippen molar-refractivity contribution >= 4 is 28.3 Å². The first-order valence-corrected chi connectivity index (χ1v) is 12.6. The van der Waals surface area contributed by atoms with Gasteiger partial charge in [0.15, 0.2) is 5.13 Å². The topological polar surface area (TPSA) is 71.1 Å². The molecule has 0 aliphatic heterocycles. The predicted octanol–water partition coefficient (Wildman–Crippen LogP) is 5.80. The number of aromatic nitrogens is 1. The fraction of sp³-hybridized carbons (Fsp3) is 0.207. The van der Waals surface area contributed by atoms with E-state index in [-0.39, 0.29) is 23.7 Å². The largest absolute Gasteiger partial charge is 0.355 e. The lowest BCUT2D eigenvalue weighted by molar-refractivity contribution is -0.126. The summed E-state index contributed by atoms with van der Waals surface area (Å²) in [6, 6.07) is 24.4. The molecule has 0 saturated carbocycles. The van der Waals surface area contributed by atoms with Gasteiger partial charge >= 0.3 is 0 Å². The van der Waals surface area contributed by atoms with Crippen LogP contribution in [-0.4, -0.2) is 23.8 Å². The number of anilines is 1. The summed E-state index contributed by atoms with van der Waals surface area (Å²) in [5.41, 5.74) is 6.76. The third kappa shape index (κ3) is 3.40. The van der Waals surface area contributed by atoms with Crippen LogP contribution in [0.2, 0.25) is 0 Å². The molecule has 2 N–H and O–H groups in total. The van der Waals surface area contributed by atoms with Gasteiger partial charge in [0.25, 0.3) is 5.91 Å². The fourth-order valence-electron chi connectivity index (χ4n) is 5.86. The Bertz CT molecular complexity index is 1430. The molecule has 174 valence electrons. The maximum absolute atomic E-state index is 13.8. The summed E-state index contributed by atoms with van der Waals surface area (Å²) < 4.78 is 0. The molecule has 4 aromatic rings. The lowest BCUT2D eigenvalue weighted by atomic mass is 9.52. The molecule has 0 fully saturated rings. The van der Waals surface area contributed by atoms with Gasteiger partial charge in [0.2, 0.25) is 5.91 Å². The molecule has 3 aliphatic carbocycles. The molecule has 6 heteroatoms. The molecule has 1 atom stereocenters. The SMILES string of the molecule is CNC(=O)c1cccc(-c2csc(NC(=O)C3(C)CC4c5ccccc5C3c3ccccc34)n2)c1. The molecule has 0 spiro atoms. The Morgan fingerprint density at radius 1 is 0.943 bits per heavy atom. The zero-order valence-electron chi connectivity index (χ0n) is 19.5. The molecule has 0 saturated heterocycles. The molecule has 1 unspecified atom stereocenters. The molecular weight excluding hydrogens is 454 g/mol. The van der Waals surface area contributed by atoms with Crippen LogP contribution in [-0.2, 0) is 4.79 Å². The number of hydrogen-bond donors (Lipinski definition) is 2. The van der Waals surface area contributed by atoms with Gasteiger partial charge in [-0.2, -0.15) is 0 Å². The molecular formula is C29H25N3O2S. The van der Waals surface area contributed by atoms with E-state index >= 15 is 0 Å². The van der Waals surface area contributed by atoms with Crippen molar-refractivity contribution in [2.75, 3.05) is 12.4 Å². The highest BCUT2D eigenvalue weighted by atomic mass is 32.1. The molecule has 0 radical (unpaired) electrons. The molecule has 3 aromatic carbocycles. The zero-order valence-corrected chi connectivity index (χ0v) is 20.4. The highest BCUT2D eigenvalue weighted by Gasteiger charge is 2.53. The van der Waals surface area contributed by atoms with Gasteiger partial charge in [-0.3, -0.25) is 9.59 Å². The van der Waals surface area contributed by atoms with Crippen LogP contribution in [0.3, 0.4) is 0 Å². The van der Waals surface area contributed by atoms with Gasteiger partial charge in [0.05, 0.1) is 11.1 Å². The Morgan fingerprint density at radius 3 is 2.26 bits per heavy atom. The smallest absolute Gasteiger partial charge is 0.251 e. The summed E-state index contributed by atoms with van der Waals surface area (Å²) in [5.74, 6) is 0.0685. The standard InChI is InChI=1S/C29H25N3O2S/c1-29(15-23-19-10-3-5-12-21(19)25(29)22-13-6-4-11-20(22)23)27(34)32-28-31-24(16-35-28)17-8-7-9-18(14-17)26(33)30-2/h3-14,16,23,25H,15H2,1-2H3,(H,30,33)(H,31,32,34). The van der Waals surface area contributed by atoms with E-state index in [4.69, 9.17) is 0 Å². The first-order valence-electron chi connectivity index (χ1n) is 11.8. The summed E-state index contributed by atoms with van der Waals surface area (Å²) in [4.78, 5) is 30.5. The third-order valence-electron chi connectivity index (χ3n) is 7.52. The highest BCUT2D eigenvalue weighted by Crippen LogP contribution is 2.61. The van der Waals surface area contributed by atoms with Crippen LogP contribution < -0.4 is 10.6 Å². The first kappa shape index (κ1) is 21.7. The Morgan fingerprint density at radius 2 is 1.60 bits per heavy atom. The Kier molecular flexibility index (Phi) is 5.07. The van der Waals surface area contributed by atoms with Crippen molar-refractivity contribution in [3.63, 3.8) is 0 Å². The number of thiazole rings is 1. The van der Waals surface area contributed by atoms with Gasteiger partial charge in [0.1, 0.15) is 0 Å². The average Bonchev–Trinajstić information content (AvgIpc) is 3.37. The molecule has 2 amide bonds. The van der Waals surface area contributed by atoms with Crippen molar-refractivity contribution in [2.24, 2.45) is 5.41 Å². The second-order valence-corrected chi connectivity index (χ2v) is 10.4. The highest BCUT2D eigenvalue weighted by molar-refractivity contribution is 7.14. The van der Waals surface area contributed by atoms with Crippen LogP contribution in [0.25, 0.3) is 11.3 Å². The number of hydrogen-bond acceptors (Lipinski definition) is 4. The van der Waals surface area contributed by atoms with Crippen LogP contribution >= 0.6 is 11.3 Å². The van der Waals surface area contributed by atoms with Crippen molar-refractivity contribution < 1.29 is 9.59 Å². The number of amides is 2. The van der Waals surface area contributed by atoms with Crippen molar-refractivity contribution in [2.45, 2.75) is 25.2 Å². The van der Waals surface area contributed by atoms with Crippen LogP contribution in [0.4, 0.5) is 5.13 Å². The Hall–Kier alpha value is -3.77. The van der Waals surface area contributed by atoms with E-state index in [1.807, 2.05) is 23.6 Å². The van der Waals surface area contributed by atoms with E-state index in [9.17, 15) is 9.59 Å². The fourth-order valence-corrected chi connectivity index (χ4v) is 6.57. The van der Waals surface area contributed by atoms with Crippen molar-refractivity contribution in [3.05, 3.63) is 106 Å². The van der Waals surface area contributed by atoms with E-state index in [1.165, 1.54) is 33.6 Å². The molecule has 1 aromatic heterocycles. The minimum absolute atomic E-state index is 0.00322. The summed E-state index contributed by atoms with van der Waals surface area (Å²) in [7, 11) is 1.61. The van der Waals surface area contributed by atoms with Gasteiger partial charge < -0.3 is 10.6 Å². The van der Waals surface area contributed by atoms with E-state index in [1.54, 1.807) is 13.1 Å². The normalized spacial score (nSPS) is 21.7. The lowest BCUT2D eigenvalue weighted by Crippen LogP contribution is -2.47. The third-order valence-corrected chi connectivity index (χ3v) is 8.28. The van der Waals surface area contributed by atoms with Gasteiger partial charge in [-0.15, -0.1) is 11.3 Å². The van der Waals surface area contributed by atoms with Crippen molar-refractivity contribution in [1.82, 2.24) is 10.3 Å². The second-order valence-electron chi connectivity index (χ2n) is 9.52. The molecule has 1 heterocycles. The Labute approximate surface area is 208 Å². The number of carbonyl (C=O) groups is 2. The van der Waals surface area contributed by atoms with E-state index in [0.717, 1.165) is 17.7 Å². The number of nitrogens with zero attached hydrogens (tertiary/aromatic N) is 1. The second kappa shape index (κ2) is 8.17. The van der Waals surface area contributed by atoms with Crippen molar-refractivity contribution in [3.8, 4) is 11.3 Å². The minimum Gasteiger partial charge on any atom is -0.355 e. The van der Waals surface area contributed by atoms with E-state index in [2.05, 4.69) is 71.1 Å². The Balaban J connectivity index is 1.31. The molecule has 2 bridgehead atoms. The summed E-state index contributed by atoms with van der Waals surface area (Å²) >= 11 is 1.40. The van der Waals surface area contributed by atoms with Gasteiger partial charge in [-0.05, 0) is 47.7 Å². The zero-order chi connectivity index (χ0) is 24.2. The molecule has 7 rings (SSSR count). The number of rotatable bonds is 4. The van der Waals surface area contributed by atoms with Gasteiger partial charge in [0, 0.05) is 35.4 Å². The molecule has 3 aliphatic rings. The van der Waals surface area contributed by atoms with Gasteiger partial charge in [-0.25, -0.2) is 4.98 Å². The number of benzene rings is 3. The lowest BCUT2D eigenvalue weighted by Gasteiger charge is -2.50. The van der Waals surface area contributed by atoms with E-state index in [0.29, 0.717) is 10.7 Å². The maximum Gasteiger partial charge on any atom is 0.251 e. The minimum atomic E-state index is -0.585. The monoisotopic (exact) mass is 479 g/mol. The summed E-state index contributed by atoms with van der Waals surface area (Å²) in [6.07, 6.45) is 0.768. The van der Waals surface area contributed by atoms with Crippen LogP contribution in [0, 0.1) is 5.41 Å². The number of fused-ring (bicyclic) bond motifs is 1. The van der Waals surface area contributed by atoms with Crippen molar-refractivity contribution in [1.29, 1.82) is 0 Å². The average molecular weight is 480 g/mol. The van der Waals surface area contributed by atoms with Crippen LogP contribution in [0.1, 0.15) is 57.8 Å². The van der Waals surface area contributed by atoms with Crippen LogP contribution in [0.15, 0.2) is 78.2 Å². The quantitative estimate of drug-likeness (QED) is 0.389. The molecule has 35 heavy (non-hydrogen) atoms. The number of carbonyl (C=O) groups excluding carboxylic acids is 2. The number of nitrogens with one attached hydrogen (secondary N) is 2. The van der Waals surface area contributed by atoms with Crippen LogP contribution in [0.5, 0.6) is 0 Å². The summed E-state index contributed by atoms with van der Waals surface area (Å²) in [6.45, 7) is 2.09. The summed E-state index contributed by atoms with van der Waals surface area (Å²) in [5, 5.41) is 8.26. The van der Waals surface area contributed by atoms with E-state index < -0.39 is 5.41 Å². The molecule has 5 nitrogen and oxygen atoms in total. The predicted molar refractivity (Wildman–Crippen MR) is 139 cm³/mol. The first-order chi connectivity index (χ1) is 17.0.